The molecule has 694 valence electrons. The fourth-order valence-corrected chi connectivity index (χ4v) is 17.5. The van der Waals surface area contributed by atoms with Gasteiger partial charge in [0.2, 0.25) is 0 Å². The number of fused-ring (bicyclic) bond motifs is 4. The van der Waals surface area contributed by atoms with E-state index < -0.39 is 22.7 Å². The molecule has 0 bridgehead atoms. The number of hydrogen-bond donors (Lipinski definition) is 3. The molecule has 5 unspecified atom stereocenters. The number of phenols is 1. The Morgan fingerprint density at radius 2 is 0.659 bits per heavy atom. The minimum Gasteiger partial charge on any atom is -0.508 e. The van der Waals surface area contributed by atoms with Crippen LogP contribution in [0.15, 0.2) is 218 Å². The minimum absolute atomic E-state index is 0.0208. The molecular formula is C109H150N8O10Si2. The van der Waals surface area contributed by atoms with Crippen LogP contribution in [-0.4, -0.2) is 168 Å². The highest BCUT2D eigenvalue weighted by molar-refractivity contribution is 6.74. The Balaban J connectivity index is 0.000000187. The molecule has 1 fully saturated rings. The van der Waals surface area contributed by atoms with Crippen LogP contribution in [0.1, 0.15) is 170 Å². The van der Waals surface area contributed by atoms with Crippen LogP contribution >= 0.6 is 0 Å². The van der Waals surface area contributed by atoms with Gasteiger partial charge in [0, 0.05) is 150 Å². The zero-order valence-electron chi connectivity index (χ0n) is 81.6. The Labute approximate surface area is 774 Å². The van der Waals surface area contributed by atoms with Gasteiger partial charge in [0.1, 0.15) is 42.8 Å². The number of pyridine rings is 4. The van der Waals surface area contributed by atoms with Gasteiger partial charge in [0.25, 0.3) is 0 Å². The first kappa shape index (κ1) is 103. The summed E-state index contributed by atoms with van der Waals surface area (Å²) >= 11 is 0. The van der Waals surface area contributed by atoms with Gasteiger partial charge in [-0.2, -0.15) is 0 Å². The number of phenolic OH excluding ortho intramolecular Hbond substituents is 1. The largest absolute Gasteiger partial charge is 0.508 e. The molecule has 1 saturated heterocycles. The summed E-state index contributed by atoms with van der Waals surface area (Å²) in [7, 11) is -3.50. The normalized spacial score (nSPS) is 13.8. The fraction of sp³-hybridized carbons (Fsp3) is 0.450. The van der Waals surface area contributed by atoms with E-state index in [-0.39, 0.29) is 47.0 Å². The van der Waals surface area contributed by atoms with Crippen LogP contribution in [-0.2, 0) is 18.3 Å². The minimum atomic E-state index is -1.83. The van der Waals surface area contributed by atoms with Crippen LogP contribution in [0, 0.1) is 0 Å². The molecule has 1 aliphatic rings. The lowest BCUT2D eigenvalue weighted by molar-refractivity contribution is -0.193. The molecule has 0 spiro atoms. The van der Waals surface area contributed by atoms with Crippen molar-refractivity contribution in [3.8, 4) is 68.0 Å². The molecule has 20 heteroatoms. The predicted octanol–water partition coefficient (Wildman–Crippen LogP) is 26.5. The zero-order valence-corrected chi connectivity index (χ0v) is 83.6. The maximum absolute atomic E-state index is 9.68. The Morgan fingerprint density at radius 1 is 0.364 bits per heavy atom. The summed E-state index contributed by atoms with van der Waals surface area (Å²) in [5.41, 5.74) is 16.8. The summed E-state index contributed by atoms with van der Waals surface area (Å²) in [6, 6.07) is 74.4. The summed E-state index contributed by atoms with van der Waals surface area (Å²) in [4.78, 5) is 28.6. The van der Waals surface area contributed by atoms with Crippen LogP contribution in [0.25, 0.3) is 88.6 Å². The average Bonchev–Trinajstić information content (AvgIpc) is 0.830. The number of aliphatic hydroxyl groups excluding tert-OH is 2. The standard InChI is InChI=1S/C29H42N2O2Si.C28H36N2O3.C23H28N2O2.C19H20N2O.C10H24O2Si/c1-9-25(33-34(7,8)29(4,5)6)21-32-26-18-14-23-15-19-27(30-28(23)20-26)22-12-16-24(17-13-22)31(10-2)11-3;1-4-24(33-28-9-7-8-18-31-28)20-32-25-16-12-22-13-17-26(29-27(22)19-25)21-10-14-23(15-11-21)30(5-2)6-3;1-4-20(26)16-27-21-13-9-18-10-14-22(24-23(18)15-21)17-7-11-19(12-8-17)25(5-2)6-3;1-3-21(4-2)16-9-5-14(6-10-16)18-12-8-15-7-11-17(22)13-19(15)20-18;1-7-9(8-11)12-13(5,6)10(2,3)4/h12-20,25H,9-11,21H2,1-8H3;10-17,19,24,28H,4-9,18,20H2,1-3H3;7-15,20,26H,4-6,16H2,1-3H3;5-13,22H,3-4H2,1-2H3;9,11H,7-8H2,1-6H3. The second kappa shape index (κ2) is 49.9. The predicted molar refractivity (Wildman–Crippen MR) is 548 cm³/mol. The first-order valence-corrected chi connectivity index (χ1v) is 53.2. The third-order valence-electron chi connectivity index (χ3n) is 25.2. The van der Waals surface area contributed by atoms with Crippen LogP contribution in [0.5, 0.6) is 23.0 Å². The number of aromatic nitrogens is 4. The van der Waals surface area contributed by atoms with Gasteiger partial charge in [0.15, 0.2) is 22.9 Å². The molecule has 0 amide bonds. The molecular weight excluding hydrogens is 1640 g/mol. The number of anilines is 4. The van der Waals surface area contributed by atoms with Gasteiger partial charge in [-0.25, -0.2) is 19.9 Å². The number of benzene rings is 8. The second-order valence-electron chi connectivity index (χ2n) is 36.1. The molecule has 4 aromatic heterocycles. The van der Waals surface area contributed by atoms with E-state index in [4.69, 9.17) is 52.6 Å². The SMILES string of the molecule is CCC(CO)O[Si](C)(C)C(C)(C)C.CCC(COc1ccc2ccc(-c3ccc(N(CC)CC)cc3)nc2c1)OC1CCCCO1.CCC(COc1ccc2ccc(-c3ccc(N(CC)CC)cc3)nc2c1)O[Si](C)(C)C(C)(C)C.CCC(O)COc1ccc2ccc(-c3ccc(N(CC)CC)cc3)nc2c1.CCN(CC)c1ccc(-c2ccc3ccc(O)cc3n2)cc1. The lowest BCUT2D eigenvalue weighted by Gasteiger charge is -2.39. The summed E-state index contributed by atoms with van der Waals surface area (Å²) in [5.74, 6) is 2.63. The first-order valence-electron chi connectivity index (χ1n) is 47.4. The van der Waals surface area contributed by atoms with Gasteiger partial charge in [-0.1, -0.05) is 142 Å². The van der Waals surface area contributed by atoms with Crippen LogP contribution < -0.4 is 33.8 Å². The molecule has 1 aliphatic heterocycles. The van der Waals surface area contributed by atoms with Gasteiger partial charge in [-0.05, 0) is 258 Å². The maximum Gasteiger partial charge on any atom is 0.192 e. The third-order valence-corrected chi connectivity index (χ3v) is 34.3. The monoisotopic (exact) mass is 1790 g/mol. The lowest BCUT2D eigenvalue weighted by Crippen LogP contribution is -2.45. The van der Waals surface area contributed by atoms with Gasteiger partial charge in [-0.15, -0.1) is 0 Å². The van der Waals surface area contributed by atoms with Gasteiger partial charge in [0.05, 0.1) is 75.9 Å². The molecule has 12 aromatic rings. The Bertz CT molecular complexity index is 5330. The number of rotatable bonds is 36. The third kappa shape index (κ3) is 29.8. The molecule has 0 radical (unpaired) electrons. The topological polar surface area (TPSA) is 190 Å². The van der Waals surface area contributed by atoms with Crippen molar-refractivity contribution in [1.29, 1.82) is 0 Å². The molecule has 18 nitrogen and oxygen atoms in total. The van der Waals surface area contributed by atoms with E-state index in [1.807, 2.05) is 74.5 Å². The Kier molecular flexibility index (Phi) is 39.7. The zero-order chi connectivity index (χ0) is 93.4. The smallest absolute Gasteiger partial charge is 0.192 e. The molecule has 0 saturated carbocycles. The highest BCUT2D eigenvalue weighted by Crippen LogP contribution is 2.40. The molecule has 0 aliphatic carbocycles. The highest BCUT2D eigenvalue weighted by Gasteiger charge is 2.40. The first-order chi connectivity index (χ1) is 61.9. The highest BCUT2D eigenvalue weighted by atomic mass is 28.4. The van der Waals surface area contributed by atoms with Crippen molar-refractivity contribution in [1.82, 2.24) is 19.9 Å². The molecule has 5 heterocycles. The number of nitrogens with zero attached hydrogens (tertiary/aromatic N) is 8. The lowest BCUT2D eigenvalue weighted by atomic mass is 10.1. The van der Waals surface area contributed by atoms with E-state index >= 15 is 0 Å². The molecule has 3 N–H and O–H groups in total. The van der Waals surface area contributed by atoms with Crippen molar-refractivity contribution in [2.75, 3.05) is 105 Å². The Morgan fingerprint density at radius 3 is 0.946 bits per heavy atom. The van der Waals surface area contributed by atoms with Crippen molar-refractivity contribution in [3.63, 3.8) is 0 Å². The molecule has 129 heavy (non-hydrogen) atoms. The van der Waals surface area contributed by atoms with Crippen molar-refractivity contribution < 1.29 is 47.9 Å². The number of aliphatic hydroxyl groups is 2. The number of ether oxygens (including phenoxy) is 5. The van der Waals surface area contributed by atoms with Crippen LogP contribution in [0.2, 0.25) is 36.3 Å². The van der Waals surface area contributed by atoms with E-state index in [0.717, 1.165) is 197 Å². The fourth-order valence-electron chi connectivity index (χ4n) is 14.7. The van der Waals surface area contributed by atoms with E-state index in [9.17, 15) is 10.2 Å². The molecule has 5 atom stereocenters. The maximum atomic E-state index is 9.68. The van der Waals surface area contributed by atoms with Crippen LogP contribution in [0.3, 0.4) is 0 Å². The van der Waals surface area contributed by atoms with Gasteiger partial charge in [-0.3, -0.25) is 0 Å². The summed E-state index contributed by atoms with van der Waals surface area (Å²) in [6.07, 6.45) is 6.26. The van der Waals surface area contributed by atoms with Gasteiger partial charge < -0.3 is 67.5 Å². The average molecular weight is 1790 g/mol. The molecule has 8 aromatic carbocycles. The van der Waals surface area contributed by atoms with Crippen LogP contribution in [0.4, 0.5) is 22.7 Å². The Hall–Kier alpha value is -10.0. The summed E-state index contributed by atoms with van der Waals surface area (Å²) in [5, 5.41) is 33.1. The van der Waals surface area contributed by atoms with Crippen molar-refractivity contribution in [2.45, 2.75) is 237 Å². The summed E-state index contributed by atoms with van der Waals surface area (Å²) < 4.78 is 42.4. The molecule has 13 rings (SSSR count). The van der Waals surface area contributed by atoms with E-state index in [0.29, 0.717) is 26.2 Å². The number of aromatic hydroxyl groups is 1. The van der Waals surface area contributed by atoms with E-state index in [2.05, 4.69) is 307 Å². The van der Waals surface area contributed by atoms with E-state index in [1.54, 1.807) is 12.1 Å². The number of hydrogen-bond acceptors (Lipinski definition) is 18. The van der Waals surface area contributed by atoms with Gasteiger partial charge >= 0.3 is 0 Å². The van der Waals surface area contributed by atoms with Crippen molar-refractivity contribution in [3.05, 3.63) is 218 Å². The summed E-state index contributed by atoms with van der Waals surface area (Å²) in [6.45, 7) is 58.5. The second-order valence-corrected chi connectivity index (χ2v) is 45.6. The van der Waals surface area contributed by atoms with Crippen molar-refractivity contribution >= 4 is 83.0 Å². The van der Waals surface area contributed by atoms with Crippen molar-refractivity contribution in [2.24, 2.45) is 0 Å². The van der Waals surface area contributed by atoms with E-state index in [1.165, 1.54) is 29.2 Å². The quantitative estimate of drug-likeness (QED) is 0.0314.